The minimum Gasteiger partial charge on any atom is -0.497 e. The maximum Gasteiger partial charge on any atom is 0.269 e. The number of ether oxygens (including phenoxy) is 1. The van der Waals surface area contributed by atoms with Gasteiger partial charge in [0.1, 0.15) is 5.75 Å². The highest BCUT2D eigenvalue weighted by atomic mass is 16.6. The standard InChI is InChI=1S/C18H13NO4/c1-23-15-9-10-16-13(11-15)3-2-4-17(16)18(20)12-5-7-14(8-6-12)19(21)22/h2-11H,1H3. The number of fused-ring (bicyclic) bond motifs is 1. The minimum absolute atomic E-state index is 0.0378. The van der Waals surface area contributed by atoms with Crippen LogP contribution in [0.1, 0.15) is 15.9 Å². The molecule has 0 aliphatic heterocycles. The van der Waals surface area contributed by atoms with E-state index < -0.39 is 4.92 Å². The quantitative estimate of drug-likeness (QED) is 0.415. The van der Waals surface area contributed by atoms with Crippen LogP contribution >= 0.6 is 0 Å². The van der Waals surface area contributed by atoms with Crippen LogP contribution in [0.15, 0.2) is 60.7 Å². The van der Waals surface area contributed by atoms with E-state index in [-0.39, 0.29) is 11.5 Å². The molecule has 114 valence electrons. The molecule has 0 aliphatic rings. The monoisotopic (exact) mass is 307 g/mol. The summed E-state index contributed by atoms with van der Waals surface area (Å²) < 4.78 is 5.19. The number of ketones is 1. The van der Waals surface area contributed by atoms with Gasteiger partial charge in [-0.15, -0.1) is 0 Å². The molecule has 0 saturated heterocycles. The lowest BCUT2D eigenvalue weighted by atomic mass is 9.97. The Kier molecular flexibility index (Phi) is 3.76. The van der Waals surface area contributed by atoms with Crippen LogP contribution in [0.25, 0.3) is 10.8 Å². The van der Waals surface area contributed by atoms with Crippen molar-refractivity contribution < 1.29 is 14.5 Å². The summed E-state index contributed by atoms with van der Waals surface area (Å²) >= 11 is 0. The number of benzene rings is 3. The number of nitro benzene ring substituents is 1. The van der Waals surface area contributed by atoms with Crippen molar-refractivity contribution in [3.05, 3.63) is 81.9 Å². The lowest BCUT2D eigenvalue weighted by molar-refractivity contribution is -0.384. The van der Waals surface area contributed by atoms with E-state index in [1.807, 2.05) is 18.2 Å². The van der Waals surface area contributed by atoms with Crippen molar-refractivity contribution in [3.63, 3.8) is 0 Å². The molecule has 0 saturated carbocycles. The summed E-state index contributed by atoms with van der Waals surface area (Å²) in [5.74, 6) is 0.549. The fraction of sp³-hybridized carbons (Fsp3) is 0.0556. The molecule has 0 aromatic heterocycles. The van der Waals surface area contributed by atoms with Crippen LogP contribution in [0.5, 0.6) is 5.75 Å². The van der Waals surface area contributed by atoms with Crippen LogP contribution in [0.3, 0.4) is 0 Å². The normalized spacial score (nSPS) is 10.5. The first kappa shape index (κ1) is 14.7. The van der Waals surface area contributed by atoms with E-state index in [0.717, 1.165) is 16.5 Å². The average Bonchev–Trinajstić information content (AvgIpc) is 2.60. The van der Waals surface area contributed by atoms with Gasteiger partial charge in [-0.3, -0.25) is 14.9 Å². The number of hydrogen-bond acceptors (Lipinski definition) is 4. The van der Waals surface area contributed by atoms with Crippen molar-refractivity contribution in [3.8, 4) is 5.75 Å². The van der Waals surface area contributed by atoms with Gasteiger partial charge in [0.05, 0.1) is 12.0 Å². The topological polar surface area (TPSA) is 69.4 Å². The molecule has 0 heterocycles. The zero-order valence-corrected chi connectivity index (χ0v) is 12.4. The molecule has 0 N–H and O–H groups in total. The van der Waals surface area contributed by atoms with Gasteiger partial charge < -0.3 is 4.74 Å². The molecule has 5 heteroatoms. The Labute approximate surface area is 132 Å². The summed E-state index contributed by atoms with van der Waals surface area (Å²) in [4.78, 5) is 22.9. The first-order valence-electron chi connectivity index (χ1n) is 6.96. The Morgan fingerprint density at radius 3 is 2.43 bits per heavy atom. The molecule has 0 fully saturated rings. The molecule has 3 aromatic rings. The molecule has 5 nitrogen and oxygen atoms in total. The van der Waals surface area contributed by atoms with Crippen molar-refractivity contribution in [2.24, 2.45) is 0 Å². The second-order valence-electron chi connectivity index (χ2n) is 5.03. The molecule has 3 aromatic carbocycles. The summed E-state index contributed by atoms with van der Waals surface area (Å²) in [5, 5.41) is 12.4. The summed E-state index contributed by atoms with van der Waals surface area (Å²) in [6.45, 7) is 0. The highest BCUT2D eigenvalue weighted by Gasteiger charge is 2.14. The van der Waals surface area contributed by atoms with Gasteiger partial charge in [-0.05, 0) is 41.1 Å². The third-order valence-corrected chi connectivity index (χ3v) is 3.67. The van der Waals surface area contributed by atoms with Gasteiger partial charge in [0.25, 0.3) is 5.69 Å². The molecular weight excluding hydrogens is 294 g/mol. The molecule has 0 atom stereocenters. The zero-order chi connectivity index (χ0) is 16.4. The third-order valence-electron chi connectivity index (χ3n) is 3.67. The van der Waals surface area contributed by atoms with Crippen molar-refractivity contribution >= 4 is 22.2 Å². The summed E-state index contributed by atoms with van der Waals surface area (Å²) in [7, 11) is 1.59. The van der Waals surface area contributed by atoms with Crippen LogP contribution < -0.4 is 4.74 Å². The van der Waals surface area contributed by atoms with Crippen LogP contribution in [0.2, 0.25) is 0 Å². The largest absolute Gasteiger partial charge is 0.497 e. The fourth-order valence-electron chi connectivity index (χ4n) is 2.48. The van der Waals surface area contributed by atoms with Crippen LogP contribution in [-0.4, -0.2) is 17.8 Å². The number of nitrogens with zero attached hydrogens (tertiary/aromatic N) is 1. The molecule has 0 amide bonds. The Balaban J connectivity index is 2.05. The lowest BCUT2D eigenvalue weighted by Crippen LogP contribution is -2.02. The van der Waals surface area contributed by atoms with Gasteiger partial charge in [-0.25, -0.2) is 0 Å². The molecule has 3 rings (SSSR count). The van der Waals surface area contributed by atoms with Crippen molar-refractivity contribution in [2.75, 3.05) is 7.11 Å². The van der Waals surface area contributed by atoms with E-state index in [1.54, 1.807) is 25.3 Å². The van der Waals surface area contributed by atoms with E-state index in [0.29, 0.717) is 11.1 Å². The average molecular weight is 307 g/mol. The number of carbonyl (C=O) groups is 1. The Morgan fingerprint density at radius 2 is 1.78 bits per heavy atom. The molecule has 0 bridgehead atoms. The van der Waals surface area contributed by atoms with E-state index in [1.165, 1.54) is 24.3 Å². The molecule has 0 spiro atoms. The predicted molar refractivity (Wildman–Crippen MR) is 87.0 cm³/mol. The first-order valence-corrected chi connectivity index (χ1v) is 6.96. The van der Waals surface area contributed by atoms with Crippen LogP contribution in [-0.2, 0) is 0 Å². The smallest absolute Gasteiger partial charge is 0.269 e. The third kappa shape index (κ3) is 2.76. The van der Waals surface area contributed by atoms with E-state index in [2.05, 4.69) is 0 Å². The number of carbonyl (C=O) groups excluding carboxylic acids is 1. The second-order valence-corrected chi connectivity index (χ2v) is 5.03. The summed E-state index contributed by atoms with van der Waals surface area (Å²) in [6, 6.07) is 16.6. The number of nitro groups is 1. The highest BCUT2D eigenvalue weighted by Crippen LogP contribution is 2.26. The number of hydrogen-bond donors (Lipinski definition) is 0. The lowest BCUT2D eigenvalue weighted by Gasteiger charge is -2.07. The zero-order valence-electron chi connectivity index (χ0n) is 12.4. The van der Waals surface area contributed by atoms with Crippen molar-refractivity contribution in [1.29, 1.82) is 0 Å². The van der Waals surface area contributed by atoms with E-state index in [4.69, 9.17) is 4.74 Å². The summed E-state index contributed by atoms with van der Waals surface area (Å²) in [5.41, 5.74) is 0.933. The SMILES string of the molecule is COc1ccc2c(C(=O)c3ccc([N+](=O)[O-])cc3)cccc2c1. The molecule has 0 unspecified atom stereocenters. The van der Waals surface area contributed by atoms with Gasteiger partial charge in [-0.1, -0.05) is 18.2 Å². The summed E-state index contributed by atoms with van der Waals surface area (Å²) in [6.07, 6.45) is 0. The Bertz CT molecular complexity index is 901. The van der Waals surface area contributed by atoms with Crippen LogP contribution in [0.4, 0.5) is 5.69 Å². The molecular formula is C18H13NO4. The van der Waals surface area contributed by atoms with Gasteiger partial charge in [-0.2, -0.15) is 0 Å². The Hall–Kier alpha value is -3.21. The maximum absolute atomic E-state index is 12.7. The molecule has 0 aliphatic carbocycles. The van der Waals surface area contributed by atoms with Gasteiger partial charge >= 0.3 is 0 Å². The van der Waals surface area contributed by atoms with E-state index >= 15 is 0 Å². The van der Waals surface area contributed by atoms with Gasteiger partial charge in [0.15, 0.2) is 5.78 Å². The molecule has 0 radical (unpaired) electrons. The highest BCUT2D eigenvalue weighted by molar-refractivity contribution is 6.16. The van der Waals surface area contributed by atoms with Crippen LogP contribution in [0, 0.1) is 10.1 Å². The number of non-ortho nitro benzene ring substituents is 1. The second kappa shape index (κ2) is 5.88. The predicted octanol–water partition coefficient (Wildman–Crippen LogP) is 3.99. The fourth-order valence-corrected chi connectivity index (χ4v) is 2.48. The first-order chi connectivity index (χ1) is 11.1. The molecule has 23 heavy (non-hydrogen) atoms. The minimum atomic E-state index is -0.488. The van der Waals surface area contributed by atoms with E-state index in [9.17, 15) is 14.9 Å². The number of methoxy groups -OCH3 is 1. The van der Waals surface area contributed by atoms with Crippen molar-refractivity contribution in [1.82, 2.24) is 0 Å². The van der Waals surface area contributed by atoms with Gasteiger partial charge in [0.2, 0.25) is 0 Å². The number of rotatable bonds is 4. The Morgan fingerprint density at radius 1 is 1.04 bits per heavy atom. The van der Waals surface area contributed by atoms with Gasteiger partial charge in [0, 0.05) is 23.3 Å². The maximum atomic E-state index is 12.7. The van der Waals surface area contributed by atoms with Crippen molar-refractivity contribution in [2.45, 2.75) is 0 Å².